The van der Waals surface area contributed by atoms with Crippen molar-refractivity contribution in [1.82, 2.24) is 0 Å². The lowest BCUT2D eigenvalue weighted by atomic mass is 9.87. The van der Waals surface area contributed by atoms with E-state index in [1.165, 1.54) is 12.1 Å². The van der Waals surface area contributed by atoms with Gasteiger partial charge in [0.2, 0.25) is 0 Å². The Kier molecular flexibility index (Phi) is 8.76. The first-order valence-electron chi connectivity index (χ1n) is 12.2. The van der Waals surface area contributed by atoms with Gasteiger partial charge in [0.1, 0.15) is 5.75 Å². The summed E-state index contributed by atoms with van der Waals surface area (Å²) in [5.74, 6) is -0.663. The quantitative estimate of drug-likeness (QED) is 0.157. The Labute approximate surface area is 234 Å². The molecule has 3 aromatic rings. The van der Waals surface area contributed by atoms with E-state index in [1.54, 1.807) is 0 Å². The van der Waals surface area contributed by atoms with Crippen molar-refractivity contribution in [1.29, 1.82) is 0 Å². The molecule has 0 aliphatic carbocycles. The van der Waals surface area contributed by atoms with E-state index in [1.807, 2.05) is 48.5 Å². The van der Waals surface area contributed by atoms with Gasteiger partial charge >= 0.3 is 11.4 Å². The van der Waals surface area contributed by atoms with Crippen LogP contribution in [0.25, 0.3) is 0 Å². The number of halogens is 5. The van der Waals surface area contributed by atoms with Gasteiger partial charge in [-0.05, 0) is 70.5 Å². The molecular formula is C29H31F5O4S2. The van der Waals surface area contributed by atoms with Gasteiger partial charge in [0, 0.05) is 0 Å². The predicted molar refractivity (Wildman–Crippen MR) is 144 cm³/mol. The zero-order valence-corrected chi connectivity index (χ0v) is 24.5. The lowest BCUT2D eigenvalue weighted by molar-refractivity contribution is -0.239. The number of hydrogen-bond acceptors (Lipinski definition) is 4. The highest BCUT2D eigenvalue weighted by Crippen LogP contribution is 2.40. The molecule has 0 N–H and O–H groups in total. The minimum Gasteiger partial charge on any atom is -0.743 e. The molecule has 11 heteroatoms. The second-order valence-corrected chi connectivity index (χ2v) is 14.9. The van der Waals surface area contributed by atoms with Crippen LogP contribution in [0, 0.1) is 0 Å². The molecule has 0 bridgehead atoms. The van der Waals surface area contributed by atoms with Crippen molar-refractivity contribution in [2.75, 3.05) is 0 Å². The van der Waals surface area contributed by atoms with Crippen molar-refractivity contribution >= 4 is 21.0 Å². The van der Waals surface area contributed by atoms with Gasteiger partial charge in [-0.25, -0.2) is 8.42 Å². The van der Waals surface area contributed by atoms with E-state index in [4.69, 9.17) is 0 Å². The van der Waals surface area contributed by atoms with Gasteiger partial charge in [-0.2, -0.15) is 22.0 Å². The molecule has 0 aliphatic heterocycles. The van der Waals surface area contributed by atoms with Crippen molar-refractivity contribution < 1.29 is 39.7 Å². The van der Waals surface area contributed by atoms with Crippen LogP contribution in [-0.2, 0) is 31.8 Å². The van der Waals surface area contributed by atoms with E-state index in [0.717, 1.165) is 33.1 Å². The molecular weight excluding hydrogens is 571 g/mol. The number of ether oxygens (including phenoxy) is 1. The summed E-state index contributed by atoms with van der Waals surface area (Å²) in [5.41, 5.74) is 2.05. The standard InChI is InChI=1S/C29H31F5O4S2/c1-26(2,3)19-7-13-22(14-8-19)39(23-15-9-20(10-16-23)27(4,5)6)24-17-11-21(12-18-24)38-25(28(30,31)32)29(33,34)40(35,36)37/h7-18,25H,1-6H3. The average Bonchev–Trinajstić information content (AvgIpc) is 2.81. The fourth-order valence-electron chi connectivity index (χ4n) is 3.84. The third kappa shape index (κ3) is 7.16. The van der Waals surface area contributed by atoms with E-state index in [-0.39, 0.29) is 10.8 Å². The highest BCUT2D eigenvalue weighted by atomic mass is 32.2. The van der Waals surface area contributed by atoms with Crippen LogP contribution in [0.15, 0.2) is 87.5 Å². The summed E-state index contributed by atoms with van der Waals surface area (Å²) < 4.78 is 105. The summed E-state index contributed by atoms with van der Waals surface area (Å²) in [4.78, 5) is 2.50. The molecule has 0 amide bonds. The second-order valence-electron chi connectivity index (χ2n) is 11.4. The zero-order valence-electron chi connectivity index (χ0n) is 22.8. The van der Waals surface area contributed by atoms with Crippen LogP contribution in [-0.4, -0.2) is 30.5 Å². The Hall–Kier alpha value is -2.63. The Balaban J connectivity index is 2.05. The minimum absolute atomic E-state index is 0.0842. The van der Waals surface area contributed by atoms with Crippen LogP contribution in [0.2, 0.25) is 0 Å². The topological polar surface area (TPSA) is 66.4 Å². The summed E-state index contributed by atoms with van der Waals surface area (Å²) in [5, 5.41) is -5.72. The first-order valence-corrected chi connectivity index (χ1v) is 14.9. The van der Waals surface area contributed by atoms with Crippen molar-refractivity contribution in [2.45, 2.75) is 84.6 Å². The maximum atomic E-state index is 13.9. The van der Waals surface area contributed by atoms with Gasteiger partial charge < -0.3 is 9.29 Å². The molecule has 0 spiro atoms. The molecule has 0 heterocycles. The molecule has 218 valence electrons. The summed E-state index contributed by atoms with van der Waals surface area (Å²) in [6.45, 7) is 12.5. The molecule has 1 unspecified atom stereocenters. The van der Waals surface area contributed by atoms with Gasteiger partial charge in [-0.15, -0.1) is 0 Å². The number of rotatable bonds is 7. The van der Waals surface area contributed by atoms with E-state index in [9.17, 15) is 34.9 Å². The smallest absolute Gasteiger partial charge is 0.432 e. The molecule has 0 aliphatic rings. The summed E-state index contributed by atoms with van der Waals surface area (Å²) in [6, 6.07) is 20.9. The van der Waals surface area contributed by atoms with Gasteiger partial charge in [-0.3, -0.25) is 0 Å². The highest BCUT2D eigenvalue weighted by Gasteiger charge is 2.62. The number of benzene rings is 3. The molecule has 1 atom stereocenters. The lowest BCUT2D eigenvalue weighted by Gasteiger charge is -2.30. The first kappa shape index (κ1) is 31.9. The third-order valence-electron chi connectivity index (χ3n) is 6.16. The SMILES string of the molecule is CC(C)(C)c1ccc([S+](c2ccc(OC(C(F)(F)F)C(F)(F)S(=O)(=O)[O-])cc2)c2ccc(C(C)(C)C)cc2)cc1. The van der Waals surface area contributed by atoms with Gasteiger partial charge in [-0.1, -0.05) is 65.8 Å². The van der Waals surface area contributed by atoms with Crippen LogP contribution in [0.4, 0.5) is 22.0 Å². The largest absolute Gasteiger partial charge is 0.743 e. The summed E-state index contributed by atoms with van der Waals surface area (Å²) in [7, 11) is -7.38. The molecule has 0 saturated heterocycles. The van der Waals surface area contributed by atoms with Gasteiger partial charge in [0.05, 0.1) is 10.9 Å². The molecule has 0 fully saturated rings. The van der Waals surface area contributed by atoms with E-state index in [2.05, 4.69) is 46.3 Å². The first-order chi connectivity index (χ1) is 18.1. The third-order valence-corrected chi connectivity index (χ3v) is 9.27. The Bertz CT molecular complexity index is 1350. The van der Waals surface area contributed by atoms with Crippen molar-refractivity contribution in [3.63, 3.8) is 0 Å². The second kappa shape index (κ2) is 11.0. The zero-order chi connectivity index (χ0) is 30.3. The maximum Gasteiger partial charge on any atom is 0.432 e. The molecule has 0 saturated carbocycles. The molecule has 3 rings (SSSR count). The highest BCUT2D eigenvalue weighted by molar-refractivity contribution is 7.97. The average molecular weight is 603 g/mol. The molecule has 40 heavy (non-hydrogen) atoms. The number of hydrogen-bond donors (Lipinski definition) is 0. The fraction of sp³-hybridized carbons (Fsp3) is 0.379. The Morgan fingerprint density at radius 1 is 0.650 bits per heavy atom. The normalized spacial score (nSPS) is 14.3. The van der Waals surface area contributed by atoms with Gasteiger partial charge in [0.15, 0.2) is 24.8 Å². The van der Waals surface area contributed by atoms with Crippen LogP contribution >= 0.6 is 0 Å². The van der Waals surface area contributed by atoms with Crippen molar-refractivity contribution in [3.05, 3.63) is 83.9 Å². The van der Waals surface area contributed by atoms with E-state index >= 15 is 0 Å². The van der Waals surface area contributed by atoms with E-state index < -0.39 is 44.3 Å². The Morgan fingerprint density at radius 3 is 1.25 bits per heavy atom. The molecule has 4 nitrogen and oxygen atoms in total. The molecule has 3 aromatic carbocycles. The summed E-state index contributed by atoms with van der Waals surface area (Å²) >= 11 is 0. The fourth-order valence-corrected chi connectivity index (χ4v) is 6.32. The molecule has 0 aromatic heterocycles. The van der Waals surface area contributed by atoms with E-state index in [0.29, 0.717) is 4.90 Å². The number of alkyl halides is 5. The monoisotopic (exact) mass is 602 g/mol. The van der Waals surface area contributed by atoms with Crippen LogP contribution in [0.3, 0.4) is 0 Å². The van der Waals surface area contributed by atoms with Crippen LogP contribution < -0.4 is 4.74 Å². The van der Waals surface area contributed by atoms with Crippen molar-refractivity contribution in [3.8, 4) is 5.75 Å². The van der Waals surface area contributed by atoms with Crippen LogP contribution in [0.1, 0.15) is 52.7 Å². The van der Waals surface area contributed by atoms with Crippen LogP contribution in [0.5, 0.6) is 5.75 Å². The maximum absolute atomic E-state index is 13.9. The predicted octanol–water partition coefficient (Wildman–Crippen LogP) is 7.82. The Morgan fingerprint density at radius 2 is 0.975 bits per heavy atom. The minimum atomic E-state index is -6.65. The van der Waals surface area contributed by atoms with Crippen molar-refractivity contribution in [2.24, 2.45) is 0 Å². The summed E-state index contributed by atoms with van der Waals surface area (Å²) in [6.07, 6.45) is -9.99. The molecule has 0 radical (unpaired) electrons. The van der Waals surface area contributed by atoms with Gasteiger partial charge in [0.25, 0.3) is 6.10 Å². The lowest BCUT2D eigenvalue weighted by Crippen LogP contribution is -2.53.